The van der Waals surface area contributed by atoms with E-state index in [4.69, 9.17) is 9.47 Å². The van der Waals surface area contributed by atoms with Crippen LogP contribution in [0.3, 0.4) is 0 Å². The molecule has 0 atom stereocenters. The normalized spacial score (nSPS) is 10.8. The molecule has 1 amide bonds. The summed E-state index contributed by atoms with van der Waals surface area (Å²) in [6, 6.07) is 17.9. The van der Waals surface area contributed by atoms with E-state index in [2.05, 4.69) is 26.6 Å². The number of benzene rings is 3. The first-order valence-electron chi connectivity index (χ1n) is 11.3. The van der Waals surface area contributed by atoms with Crippen LogP contribution in [0.2, 0.25) is 0 Å². The molecule has 3 rings (SSSR count). The van der Waals surface area contributed by atoms with E-state index in [0.29, 0.717) is 42.6 Å². The molecule has 0 radical (unpaired) electrons. The number of hydrogen-bond donors (Lipinski definition) is 2. The third-order valence-corrected chi connectivity index (χ3v) is 5.71. The molecule has 3 aromatic rings. The Morgan fingerprint density at radius 3 is 2.44 bits per heavy atom. The zero-order valence-corrected chi connectivity index (χ0v) is 21.2. The summed E-state index contributed by atoms with van der Waals surface area (Å²) in [7, 11) is 0. The summed E-state index contributed by atoms with van der Waals surface area (Å²) in [6.07, 6.45) is 0.482. The number of amides is 1. The maximum atomic E-state index is 13.9. The summed E-state index contributed by atoms with van der Waals surface area (Å²) in [5.41, 5.74) is 3.08. The van der Waals surface area contributed by atoms with Crippen molar-refractivity contribution in [2.75, 3.05) is 17.2 Å². The van der Waals surface area contributed by atoms with Gasteiger partial charge in [0.05, 0.1) is 6.61 Å². The maximum absolute atomic E-state index is 13.9. The molecule has 0 spiro atoms. The fraction of sp³-hybridized carbons (Fsp3) is 0.296. The minimum absolute atomic E-state index is 0.00206. The van der Waals surface area contributed by atoms with E-state index in [1.807, 2.05) is 57.2 Å². The number of carbonyl (C=O) groups excluding carboxylic acids is 1. The lowest BCUT2D eigenvalue weighted by molar-refractivity contribution is -0.116. The van der Waals surface area contributed by atoms with Crippen molar-refractivity contribution in [2.24, 2.45) is 5.92 Å². The number of anilines is 2. The summed E-state index contributed by atoms with van der Waals surface area (Å²) in [4.78, 5) is 12.1. The highest BCUT2D eigenvalue weighted by Gasteiger charge is 2.13. The van der Waals surface area contributed by atoms with Gasteiger partial charge in [-0.3, -0.25) is 4.79 Å². The van der Waals surface area contributed by atoms with E-state index >= 15 is 0 Å². The predicted octanol–water partition coefficient (Wildman–Crippen LogP) is 7.16. The Balaban J connectivity index is 1.69. The van der Waals surface area contributed by atoms with E-state index in [0.717, 1.165) is 21.4 Å². The van der Waals surface area contributed by atoms with Gasteiger partial charge in [0, 0.05) is 34.4 Å². The van der Waals surface area contributed by atoms with Gasteiger partial charge in [-0.25, -0.2) is 4.39 Å². The van der Waals surface area contributed by atoms with Gasteiger partial charge in [0.1, 0.15) is 12.4 Å². The van der Waals surface area contributed by atoms with Crippen molar-refractivity contribution < 1.29 is 18.7 Å². The second kappa shape index (κ2) is 12.4. The van der Waals surface area contributed by atoms with Crippen LogP contribution in [0.1, 0.15) is 38.3 Å². The van der Waals surface area contributed by atoms with Gasteiger partial charge in [0.15, 0.2) is 11.5 Å². The van der Waals surface area contributed by atoms with Crippen LogP contribution in [0.25, 0.3) is 0 Å². The first-order valence-corrected chi connectivity index (χ1v) is 12.1. The van der Waals surface area contributed by atoms with Crippen LogP contribution in [-0.4, -0.2) is 12.5 Å². The van der Waals surface area contributed by atoms with Crippen LogP contribution >= 0.6 is 15.9 Å². The molecule has 0 saturated heterocycles. The maximum Gasteiger partial charge on any atom is 0.224 e. The second-order valence-corrected chi connectivity index (χ2v) is 9.14. The van der Waals surface area contributed by atoms with Crippen molar-refractivity contribution in [3.05, 3.63) is 82.1 Å². The summed E-state index contributed by atoms with van der Waals surface area (Å²) in [5.74, 6) is 1.13. The Kier molecular flexibility index (Phi) is 9.33. The minimum atomic E-state index is -0.303. The molecule has 0 bridgehead atoms. The molecule has 7 heteroatoms. The van der Waals surface area contributed by atoms with Crippen molar-refractivity contribution in [1.29, 1.82) is 0 Å². The number of nitrogens with one attached hydrogen (secondary N) is 2. The summed E-state index contributed by atoms with van der Waals surface area (Å²) in [5, 5.41) is 6.32. The van der Waals surface area contributed by atoms with E-state index < -0.39 is 0 Å². The molecule has 0 aliphatic heterocycles. The molecule has 0 aliphatic carbocycles. The quantitative estimate of drug-likeness (QED) is 0.277. The fourth-order valence-corrected chi connectivity index (χ4v) is 3.81. The first kappa shape index (κ1) is 25.6. The molecule has 0 heterocycles. The van der Waals surface area contributed by atoms with Crippen molar-refractivity contribution in [3.63, 3.8) is 0 Å². The minimum Gasteiger partial charge on any atom is -0.490 e. The molecule has 0 aliphatic rings. The van der Waals surface area contributed by atoms with E-state index in [9.17, 15) is 9.18 Å². The molecule has 0 unspecified atom stereocenters. The Morgan fingerprint density at radius 1 is 0.971 bits per heavy atom. The smallest absolute Gasteiger partial charge is 0.224 e. The highest BCUT2D eigenvalue weighted by atomic mass is 79.9. The van der Waals surface area contributed by atoms with Crippen LogP contribution in [0.15, 0.2) is 65.1 Å². The van der Waals surface area contributed by atoms with E-state index in [1.165, 1.54) is 6.07 Å². The Labute approximate surface area is 208 Å². The van der Waals surface area contributed by atoms with E-state index in [-0.39, 0.29) is 18.3 Å². The highest BCUT2D eigenvalue weighted by molar-refractivity contribution is 9.10. The molecule has 3 aromatic carbocycles. The van der Waals surface area contributed by atoms with Crippen molar-refractivity contribution >= 4 is 33.2 Å². The second-order valence-electron chi connectivity index (χ2n) is 8.28. The zero-order valence-electron chi connectivity index (χ0n) is 19.7. The molecule has 0 aromatic heterocycles. The lowest BCUT2D eigenvalue weighted by Crippen LogP contribution is -2.14. The Morgan fingerprint density at radius 2 is 1.71 bits per heavy atom. The van der Waals surface area contributed by atoms with Crippen LogP contribution < -0.4 is 20.1 Å². The van der Waals surface area contributed by atoms with Crippen LogP contribution in [0.4, 0.5) is 15.8 Å². The third kappa shape index (κ3) is 7.48. The average Bonchev–Trinajstić information content (AvgIpc) is 2.79. The summed E-state index contributed by atoms with van der Waals surface area (Å²) < 4.78 is 26.5. The number of halogens is 2. The molecule has 0 fully saturated rings. The van der Waals surface area contributed by atoms with Gasteiger partial charge in [0.2, 0.25) is 5.91 Å². The van der Waals surface area contributed by atoms with Gasteiger partial charge < -0.3 is 20.1 Å². The molecular formula is C27H30BrFN2O3. The van der Waals surface area contributed by atoms with Gasteiger partial charge in [-0.1, -0.05) is 54.0 Å². The zero-order chi connectivity index (χ0) is 24.5. The van der Waals surface area contributed by atoms with Gasteiger partial charge in [-0.15, -0.1) is 0 Å². The van der Waals surface area contributed by atoms with Crippen molar-refractivity contribution in [2.45, 2.75) is 40.3 Å². The van der Waals surface area contributed by atoms with Crippen molar-refractivity contribution in [3.8, 4) is 11.5 Å². The molecule has 5 nitrogen and oxygen atoms in total. The number of ether oxygens (including phenoxy) is 2. The largest absolute Gasteiger partial charge is 0.490 e. The predicted molar refractivity (Wildman–Crippen MR) is 138 cm³/mol. The van der Waals surface area contributed by atoms with Crippen LogP contribution in [0.5, 0.6) is 11.5 Å². The Hall–Kier alpha value is -3.06. The molecular weight excluding hydrogens is 499 g/mol. The van der Waals surface area contributed by atoms with Crippen LogP contribution in [0, 0.1) is 11.7 Å². The van der Waals surface area contributed by atoms with Gasteiger partial charge in [-0.2, -0.15) is 0 Å². The number of carbonyl (C=O) groups is 1. The Bertz CT molecular complexity index is 1120. The standard InChI is InChI=1S/C27H30BrFN2O3/c1-4-33-25-13-20(23(28)15-26(25)34-17-19-8-5-6-11-24(19)29)16-30-21-9-7-10-22(14-21)31-27(32)12-18(2)3/h5-11,13-15,18,30H,4,12,16-17H2,1-3H3,(H,31,32). The number of hydrogen-bond acceptors (Lipinski definition) is 4. The molecule has 34 heavy (non-hydrogen) atoms. The topological polar surface area (TPSA) is 59.6 Å². The van der Waals surface area contributed by atoms with Gasteiger partial charge >= 0.3 is 0 Å². The van der Waals surface area contributed by atoms with Gasteiger partial charge in [0.25, 0.3) is 0 Å². The monoisotopic (exact) mass is 528 g/mol. The first-order chi connectivity index (χ1) is 16.4. The lowest BCUT2D eigenvalue weighted by Gasteiger charge is -2.16. The highest BCUT2D eigenvalue weighted by Crippen LogP contribution is 2.35. The van der Waals surface area contributed by atoms with Gasteiger partial charge in [-0.05, 0) is 54.8 Å². The average molecular weight is 529 g/mol. The summed E-state index contributed by atoms with van der Waals surface area (Å²) in [6.45, 7) is 7.04. The fourth-order valence-electron chi connectivity index (χ4n) is 3.35. The van der Waals surface area contributed by atoms with Crippen LogP contribution in [-0.2, 0) is 17.9 Å². The van der Waals surface area contributed by atoms with E-state index in [1.54, 1.807) is 18.2 Å². The molecule has 0 saturated carbocycles. The molecule has 180 valence electrons. The summed E-state index contributed by atoms with van der Waals surface area (Å²) >= 11 is 3.61. The van der Waals surface area contributed by atoms with Crippen molar-refractivity contribution in [1.82, 2.24) is 0 Å². The SMILES string of the molecule is CCOc1cc(CNc2cccc(NC(=O)CC(C)C)c2)c(Br)cc1OCc1ccccc1F. The number of rotatable bonds is 11. The molecule has 2 N–H and O–H groups in total. The lowest BCUT2D eigenvalue weighted by atomic mass is 10.1. The third-order valence-electron chi connectivity index (χ3n) is 4.98.